The molecular weight excluding hydrogens is 368 g/mol. The normalized spacial score (nSPS) is 12.0. The fourth-order valence-corrected chi connectivity index (χ4v) is 5.02. The summed E-state index contributed by atoms with van der Waals surface area (Å²) in [5.41, 5.74) is 6.57. The third-order valence-corrected chi connectivity index (χ3v) is 6.77. The van der Waals surface area contributed by atoms with E-state index in [0.717, 1.165) is 0 Å². The highest BCUT2D eigenvalue weighted by atomic mass is 32.1. The molecule has 29 heavy (non-hydrogen) atoms. The number of fused-ring (bicyclic) bond motifs is 3. The average Bonchev–Trinajstić information content (AvgIpc) is 3.11. The summed E-state index contributed by atoms with van der Waals surface area (Å²) in [4.78, 5) is 0. The van der Waals surface area contributed by atoms with Crippen LogP contribution >= 0.6 is 11.3 Å². The van der Waals surface area contributed by atoms with Gasteiger partial charge in [-0.05, 0) is 57.5 Å². The van der Waals surface area contributed by atoms with Gasteiger partial charge in [-0.3, -0.25) is 0 Å². The fourth-order valence-electron chi connectivity index (χ4n) is 3.93. The van der Waals surface area contributed by atoms with Gasteiger partial charge in [-0.1, -0.05) is 87.5 Å². The van der Waals surface area contributed by atoms with Crippen molar-refractivity contribution >= 4 is 31.5 Å². The molecule has 1 heteroatoms. The minimum absolute atomic E-state index is 0.0960. The summed E-state index contributed by atoms with van der Waals surface area (Å²) in [6, 6.07) is 33.4. The van der Waals surface area contributed by atoms with E-state index in [2.05, 4.69) is 112 Å². The molecule has 0 aliphatic heterocycles. The highest BCUT2D eigenvalue weighted by molar-refractivity contribution is 7.25. The zero-order valence-corrected chi connectivity index (χ0v) is 17.9. The molecule has 5 aromatic rings. The van der Waals surface area contributed by atoms with Gasteiger partial charge in [0.2, 0.25) is 0 Å². The van der Waals surface area contributed by atoms with E-state index in [0.29, 0.717) is 0 Å². The smallest absolute Gasteiger partial charge is 0.0355 e. The summed E-state index contributed by atoms with van der Waals surface area (Å²) in [5.74, 6) is 0. The van der Waals surface area contributed by atoms with Gasteiger partial charge in [-0.2, -0.15) is 0 Å². The van der Waals surface area contributed by atoms with Gasteiger partial charge in [0.25, 0.3) is 0 Å². The van der Waals surface area contributed by atoms with E-state index in [1.54, 1.807) is 0 Å². The van der Waals surface area contributed by atoms with E-state index < -0.39 is 0 Å². The molecule has 1 heterocycles. The molecule has 5 rings (SSSR count). The maximum atomic E-state index is 2.37. The van der Waals surface area contributed by atoms with Gasteiger partial charge >= 0.3 is 0 Å². The predicted molar refractivity (Wildman–Crippen MR) is 129 cm³/mol. The molecule has 0 aliphatic rings. The molecule has 0 amide bonds. The Bertz CT molecular complexity index is 1320. The van der Waals surface area contributed by atoms with Crippen molar-refractivity contribution in [3.05, 3.63) is 96.6 Å². The molecule has 0 unspecified atom stereocenters. The van der Waals surface area contributed by atoms with Gasteiger partial charge < -0.3 is 0 Å². The summed E-state index contributed by atoms with van der Waals surface area (Å²) >= 11 is 1.87. The van der Waals surface area contributed by atoms with Gasteiger partial charge in [-0.15, -0.1) is 11.3 Å². The molecule has 0 fully saturated rings. The molecule has 142 valence electrons. The molecule has 0 nitrogen and oxygen atoms in total. The van der Waals surface area contributed by atoms with Crippen LogP contribution in [0.25, 0.3) is 42.4 Å². The van der Waals surface area contributed by atoms with E-state index >= 15 is 0 Å². The van der Waals surface area contributed by atoms with Crippen LogP contribution in [0, 0.1) is 0 Å². The average molecular weight is 393 g/mol. The van der Waals surface area contributed by atoms with Crippen LogP contribution in [0.4, 0.5) is 0 Å². The van der Waals surface area contributed by atoms with Crippen molar-refractivity contribution < 1.29 is 0 Å². The first-order valence-electron chi connectivity index (χ1n) is 10.1. The molecule has 0 spiro atoms. The highest BCUT2D eigenvalue weighted by Crippen LogP contribution is 2.38. The molecule has 0 radical (unpaired) electrons. The van der Waals surface area contributed by atoms with Crippen molar-refractivity contribution in [3.63, 3.8) is 0 Å². The molecule has 0 N–H and O–H groups in total. The van der Waals surface area contributed by atoms with Crippen LogP contribution in [-0.4, -0.2) is 0 Å². The van der Waals surface area contributed by atoms with Crippen molar-refractivity contribution in [1.82, 2.24) is 0 Å². The monoisotopic (exact) mass is 392 g/mol. The molecule has 4 aromatic carbocycles. The topological polar surface area (TPSA) is 0 Å². The minimum atomic E-state index is 0.0960. The second kappa shape index (κ2) is 6.86. The fraction of sp³-hybridized carbons (Fsp3) is 0.143. The lowest BCUT2D eigenvalue weighted by Gasteiger charge is -2.22. The van der Waals surface area contributed by atoms with Gasteiger partial charge in [-0.25, -0.2) is 0 Å². The SMILES string of the molecule is CC(C)(C)c1cc(-c2ccccc2)cc(-c2ccc3sc4ccccc4c3c2)c1. The Morgan fingerprint density at radius 2 is 1.17 bits per heavy atom. The largest absolute Gasteiger partial charge is 0.135 e. The van der Waals surface area contributed by atoms with Gasteiger partial charge in [0.15, 0.2) is 0 Å². The maximum Gasteiger partial charge on any atom is 0.0355 e. The van der Waals surface area contributed by atoms with E-state index in [1.807, 2.05) is 11.3 Å². The van der Waals surface area contributed by atoms with Crippen LogP contribution in [0.15, 0.2) is 91.0 Å². The zero-order valence-electron chi connectivity index (χ0n) is 17.1. The van der Waals surface area contributed by atoms with Crippen LogP contribution < -0.4 is 0 Å². The highest BCUT2D eigenvalue weighted by Gasteiger charge is 2.17. The minimum Gasteiger partial charge on any atom is -0.135 e. The van der Waals surface area contributed by atoms with E-state index in [9.17, 15) is 0 Å². The molecular formula is C28H24S. The van der Waals surface area contributed by atoms with Crippen molar-refractivity contribution in [2.45, 2.75) is 26.2 Å². The van der Waals surface area contributed by atoms with E-state index in [4.69, 9.17) is 0 Å². The van der Waals surface area contributed by atoms with Crippen LogP contribution in [0.5, 0.6) is 0 Å². The Morgan fingerprint density at radius 1 is 0.517 bits per heavy atom. The standard InChI is InChI=1S/C28H24S/c1-28(2,3)23-16-21(19-9-5-4-6-10-19)15-22(17-23)20-13-14-27-25(18-20)24-11-7-8-12-26(24)29-27/h4-18H,1-3H3. The first kappa shape index (κ1) is 18.1. The summed E-state index contributed by atoms with van der Waals surface area (Å²) in [7, 11) is 0. The maximum absolute atomic E-state index is 2.37. The lowest BCUT2D eigenvalue weighted by Crippen LogP contribution is -2.11. The van der Waals surface area contributed by atoms with Gasteiger partial charge in [0.1, 0.15) is 0 Å². The Morgan fingerprint density at radius 3 is 1.93 bits per heavy atom. The second-order valence-electron chi connectivity index (χ2n) is 8.72. The Balaban J connectivity index is 1.73. The first-order chi connectivity index (χ1) is 14.0. The summed E-state index contributed by atoms with van der Waals surface area (Å²) in [5, 5.41) is 2.70. The number of rotatable bonds is 2. The molecule has 0 saturated heterocycles. The molecule has 0 bridgehead atoms. The van der Waals surface area contributed by atoms with Crippen molar-refractivity contribution in [1.29, 1.82) is 0 Å². The Hall–Kier alpha value is -2.90. The third-order valence-electron chi connectivity index (χ3n) is 5.62. The van der Waals surface area contributed by atoms with Gasteiger partial charge in [0, 0.05) is 20.2 Å². The van der Waals surface area contributed by atoms with E-state index in [-0.39, 0.29) is 5.41 Å². The van der Waals surface area contributed by atoms with Gasteiger partial charge in [0.05, 0.1) is 0 Å². The number of thiophene rings is 1. The number of hydrogen-bond donors (Lipinski definition) is 0. The number of hydrogen-bond acceptors (Lipinski definition) is 1. The quantitative estimate of drug-likeness (QED) is 0.282. The van der Waals surface area contributed by atoms with Crippen molar-refractivity contribution in [2.24, 2.45) is 0 Å². The second-order valence-corrected chi connectivity index (χ2v) is 9.81. The summed E-state index contributed by atoms with van der Waals surface area (Å²) in [6.07, 6.45) is 0. The number of benzene rings is 4. The lowest BCUT2D eigenvalue weighted by molar-refractivity contribution is 0.590. The van der Waals surface area contributed by atoms with Crippen molar-refractivity contribution in [2.75, 3.05) is 0 Å². The molecule has 0 saturated carbocycles. The molecule has 1 aromatic heterocycles. The Kier molecular flexibility index (Phi) is 4.29. The summed E-state index contributed by atoms with van der Waals surface area (Å²) in [6.45, 7) is 6.86. The van der Waals surface area contributed by atoms with Crippen LogP contribution in [-0.2, 0) is 5.41 Å². The lowest BCUT2D eigenvalue weighted by atomic mass is 9.83. The zero-order chi connectivity index (χ0) is 20.0. The Labute approximate surface area is 176 Å². The molecule has 0 aliphatic carbocycles. The van der Waals surface area contributed by atoms with Crippen LogP contribution in [0.2, 0.25) is 0 Å². The van der Waals surface area contributed by atoms with E-state index in [1.165, 1.54) is 48.0 Å². The van der Waals surface area contributed by atoms with Crippen LogP contribution in [0.3, 0.4) is 0 Å². The molecule has 0 atom stereocenters. The van der Waals surface area contributed by atoms with Crippen molar-refractivity contribution in [3.8, 4) is 22.3 Å². The van der Waals surface area contributed by atoms with Crippen LogP contribution in [0.1, 0.15) is 26.3 Å². The first-order valence-corrected chi connectivity index (χ1v) is 10.9. The predicted octanol–water partition coefficient (Wildman–Crippen LogP) is 8.69. The summed E-state index contributed by atoms with van der Waals surface area (Å²) < 4.78 is 2.71. The third kappa shape index (κ3) is 3.36.